The number of hydrogen-bond acceptors (Lipinski definition) is 2. The molecular formula is C15H27N3. The van der Waals surface area contributed by atoms with Crippen molar-refractivity contribution in [2.75, 3.05) is 5.73 Å². The molecule has 0 aliphatic carbocycles. The third-order valence-electron chi connectivity index (χ3n) is 2.47. The fourth-order valence-electron chi connectivity index (χ4n) is 1.50. The van der Waals surface area contributed by atoms with Crippen molar-refractivity contribution < 1.29 is 0 Å². The van der Waals surface area contributed by atoms with Crippen LogP contribution in [0, 0.1) is 6.92 Å². The lowest BCUT2D eigenvalue weighted by atomic mass is 10.2. The van der Waals surface area contributed by atoms with E-state index in [2.05, 4.69) is 23.8 Å². The molecule has 0 unspecified atom stereocenters. The van der Waals surface area contributed by atoms with E-state index in [4.69, 9.17) is 5.73 Å². The summed E-state index contributed by atoms with van der Waals surface area (Å²) in [5.41, 5.74) is 8.36. The normalized spacial score (nSPS) is 9.17. The van der Waals surface area contributed by atoms with Crippen LogP contribution < -0.4 is 5.73 Å². The molecular weight excluding hydrogens is 222 g/mol. The Hall–Kier alpha value is -1.51. The van der Waals surface area contributed by atoms with Gasteiger partial charge in [0.25, 0.3) is 0 Å². The molecule has 0 spiro atoms. The van der Waals surface area contributed by atoms with Crippen LogP contribution in [0.5, 0.6) is 0 Å². The fourth-order valence-corrected chi connectivity index (χ4v) is 1.50. The van der Waals surface area contributed by atoms with Crippen molar-refractivity contribution in [1.82, 2.24) is 9.97 Å². The number of H-pyrrole nitrogens is 1. The summed E-state index contributed by atoms with van der Waals surface area (Å²) in [5.74, 6) is 0. The number of aromatic nitrogens is 2. The molecule has 102 valence electrons. The highest BCUT2D eigenvalue weighted by Crippen LogP contribution is 2.16. The molecule has 0 saturated heterocycles. The molecule has 3 N–H and O–H groups in total. The molecule has 0 radical (unpaired) electrons. The Morgan fingerprint density at radius 3 is 2.33 bits per heavy atom. The maximum Gasteiger partial charge on any atom is 0.137 e. The minimum Gasteiger partial charge on any atom is -0.397 e. The first kappa shape index (κ1) is 16.5. The highest BCUT2D eigenvalue weighted by Gasteiger charge is 1.99. The lowest BCUT2D eigenvalue weighted by Gasteiger charge is -1.92. The molecule has 18 heavy (non-hydrogen) atoms. The molecule has 0 atom stereocenters. The van der Waals surface area contributed by atoms with Gasteiger partial charge in [0.2, 0.25) is 0 Å². The lowest BCUT2D eigenvalue weighted by Crippen LogP contribution is -1.85. The van der Waals surface area contributed by atoms with Crippen LogP contribution >= 0.6 is 0 Å². The van der Waals surface area contributed by atoms with Gasteiger partial charge in [-0.2, -0.15) is 0 Å². The van der Waals surface area contributed by atoms with Crippen LogP contribution in [0.4, 0.5) is 5.69 Å². The van der Waals surface area contributed by atoms with Crippen LogP contribution in [-0.2, 0) is 0 Å². The minimum atomic E-state index is 0.709. The maximum absolute atomic E-state index is 5.58. The Bertz CT molecular complexity index is 430. The number of hydrogen-bond donors (Lipinski definition) is 2. The van der Waals surface area contributed by atoms with Crippen molar-refractivity contribution in [1.29, 1.82) is 0 Å². The Morgan fingerprint density at radius 2 is 1.83 bits per heavy atom. The second-order valence-corrected chi connectivity index (χ2v) is 3.99. The third kappa shape index (κ3) is 5.21. The average molecular weight is 249 g/mol. The zero-order valence-corrected chi connectivity index (χ0v) is 12.4. The first-order valence-corrected chi connectivity index (χ1v) is 6.88. The number of aromatic amines is 1. The first-order valence-electron chi connectivity index (χ1n) is 6.88. The van der Waals surface area contributed by atoms with E-state index in [1.807, 2.05) is 33.0 Å². The lowest BCUT2D eigenvalue weighted by molar-refractivity contribution is 0.772. The SMILES string of the molecule is CC.CCCCC.Cc1c[nH]c2ncc(N)cc12. The molecule has 3 heteroatoms. The van der Waals surface area contributed by atoms with Crippen LogP contribution in [0.15, 0.2) is 18.5 Å². The number of pyridine rings is 1. The summed E-state index contributed by atoms with van der Waals surface area (Å²) in [7, 11) is 0. The second-order valence-electron chi connectivity index (χ2n) is 3.99. The van der Waals surface area contributed by atoms with Crippen LogP contribution in [0.3, 0.4) is 0 Å². The Morgan fingerprint density at radius 1 is 1.22 bits per heavy atom. The van der Waals surface area contributed by atoms with Crippen LogP contribution in [0.1, 0.15) is 52.5 Å². The molecule has 0 aliphatic heterocycles. The summed E-state index contributed by atoms with van der Waals surface area (Å²) in [5, 5.41) is 1.10. The van der Waals surface area contributed by atoms with Crippen molar-refractivity contribution in [3.63, 3.8) is 0 Å². The van der Waals surface area contributed by atoms with E-state index in [9.17, 15) is 0 Å². The van der Waals surface area contributed by atoms with Gasteiger partial charge >= 0.3 is 0 Å². The number of nitrogens with zero attached hydrogens (tertiary/aromatic N) is 1. The number of nitrogens with one attached hydrogen (secondary N) is 1. The molecule has 2 aromatic rings. The standard InChI is InChI=1S/C8H9N3.C5H12.C2H6/c1-5-3-10-8-7(5)2-6(9)4-11-8;1-3-5-4-2;1-2/h2-4H,9H2,1H3,(H,10,11);3-5H2,1-2H3;1-2H3. The number of aryl methyl sites for hydroxylation is 1. The van der Waals surface area contributed by atoms with E-state index >= 15 is 0 Å². The highest BCUT2D eigenvalue weighted by molar-refractivity contribution is 5.81. The number of fused-ring (bicyclic) bond motifs is 1. The number of rotatable bonds is 2. The van der Waals surface area contributed by atoms with Gasteiger partial charge in [-0.25, -0.2) is 4.98 Å². The molecule has 2 heterocycles. The molecule has 2 rings (SSSR count). The van der Waals surface area contributed by atoms with Crippen molar-refractivity contribution in [2.24, 2.45) is 0 Å². The summed E-state index contributed by atoms with van der Waals surface area (Å²) >= 11 is 0. The summed E-state index contributed by atoms with van der Waals surface area (Å²) < 4.78 is 0. The van der Waals surface area contributed by atoms with Crippen molar-refractivity contribution >= 4 is 16.7 Å². The molecule has 0 aliphatic rings. The Balaban J connectivity index is 0.000000354. The number of anilines is 1. The Kier molecular flexibility index (Phi) is 8.71. The van der Waals surface area contributed by atoms with Gasteiger partial charge in [0.1, 0.15) is 5.65 Å². The van der Waals surface area contributed by atoms with E-state index in [0.29, 0.717) is 5.69 Å². The summed E-state index contributed by atoms with van der Waals surface area (Å²) in [6.07, 6.45) is 7.66. The molecule has 0 bridgehead atoms. The van der Waals surface area contributed by atoms with Crippen molar-refractivity contribution in [3.05, 3.63) is 24.0 Å². The molecule has 2 aromatic heterocycles. The smallest absolute Gasteiger partial charge is 0.137 e. The molecule has 0 aromatic carbocycles. The second kappa shape index (κ2) is 9.51. The number of nitrogen functional groups attached to an aromatic ring is 1. The maximum atomic E-state index is 5.58. The monoisotopic (exact) mass is 249 g/mol. The van der Waals surface area contributed by atoms with Gasteiger partial charge in [-0.1, -0.05) is 47.0 Å². The van der Waals surface area contributed by atoms with E-state index in [1.165, 1.54) is 24.8 Å². The van der Waals surface area contributed by atoms with E-state index in [1.54, 1.807) is 6.20 Å². The van der Waals surface area contributed by atoms with Gasteiger partial charge in [0.05, 0.1) is 11.9 Å². The molecule has 0 fully saturated rings. The minimum absolute atomic E-state index is 0.709. The van der Waals surface area contributed by atoms with Crippen LogP contribution in [0.25, 0.3) is 11.0 Å². The topological polar surface area (TPSA) is 54.7 Å². The van der Waals surface area contributed by atoms with Crippen LogP contribution in [0.2, 0.25) is 0 Å². The van der Waals surface area contributed by atoms with Gasteiger partial charge in [0, 0.05) is 11.6 Å². The van der Waals surface area contributed by atoms with E-state index in [-0.39, 0.29) is 0 Å². The quantitative estimate of drug-likeness (QED) is 0.812. The third-order valence-corrected chi connectivity index (χ3v) is 2.47. The molecule has 0 saturated carbocycles. The van der Waals surface area contributed by atoms with Gasteiger partial charge in [-0.3, -0.25) is 0 Å². The zero-order valence-electron chi connectivity index (χ0n) is 12.4. The van der Waals surface area contributed by atoms with Gasteiger partial charge in [-0.05, 0) is 18.6 Å². The average Bonchev–Trinajstić information content (AvgIpc) is 2.75. The van der Waals surface area contributed by atoms with Crippen molar-refractivity contribution in [2.45, 2.75) is 53.9 Å². The highest BCUT2D eigenvalue weighted by atomic mass is 14.8. The predicted molar refractivity (Wildman–Crippen MR) is 81.8 cm³/mol. The number of nitrogens with two attached hydrogens (primary N) is 1. The number of unbranched alkanes of at least 4 members (excludes halogenated alkanes) is 2. The van der Waals surface area contributed by atoms with E-state index in [0.717, 1.165) is 11.0 Å². The van der Waals surface area contributed by atoms with E-state index < -0.39 is 0 Å². The first-order chi connectivity index (χ1) is 8.69. The Labute approximate surface area is 111 Å². The largest absolute Gasteiger partial charge is 0.397 e. The fraction of sp³-hybridized carbons (Fsp3) is 0.533. The van der Waals surface area contributed by atoms with Gasteiger partial charge in [-0.15, -0.1) is 0 Å². The summed E-state index contributed by atoms with van der Waals surface area (Å²) in [6, 6.07) is 1.92. The summed E-state index contributed by atoms with van der Waals surface area (Å²) in [6.45, 7) is 10.5. The van der Waals surface area contributed by atoms with Gasteiger partial charge < -0.3 is 10.7 Å². The predicted octanol–water partition coefficient (Wildman–Crippen LogP) is 4.68. The van der Waals surface area contributed by atoms with Crippen LogP contribution in [-0.4, -0.2) is 9.97 Å². The molecule has 3 nitrogen and oxygen atoms in total. The molecule has 0 amide bonds. The van der Waals surface area contributed by atoms with Gasteiger partial charge in [0.15, 0.2) is 0 Å². The summed E-state index contributed by atoms with van der Waals surface area (Å²) in [4.78, 5) is 7.17. The zero-order chi connectivity index (χ0) is 14.0. The van der Waals surface area contributed by atoms with Crippen molar-refractivity contribution in [3.8, 4) is 0 Å².